The maximum Gasteiger partial charge on any atom is 0.229 e. The average molecular weight is 256 g/mol. The Kier molecular flexibility index (Phi) is 2.56. The van der Waals surface area contributed by atoms with E-state index in [0.29, 0.717) is 6.54 Å². The zero-order valence-corrected chi connectivity index (χ0v) is 9.07. The molecule has 1 aromatic rings. The Morgan fingerprint density at radius 2 is 2.29 bits per heavy atom. The van der Waals surface area contributed by atoms with Gasteiger partial charge in [-0.15, -0.1) is 0 Å². The fourth-order valence-electron chi connectivity index (χ4n) is 1.58. The molecule has 14 heavy (non-hydrogen) atoms. The van der Waals surface area contributed by atoms with Gasteiger partial charge in [0.05, 0.1) is 19.1 Å². The summed E-state index contributed by atoms with van der Waals surface area (Å²) in [7, 11) is 0. The number of hydrogen-bond donors (Lipinski definition) is 1. The Labute approximate surface area is 90.5 Å². The molecule has 0 aliphatic carbocycles. The molecule has 0 unspecified atom stereocenters. The summed E-state index contributed by atoms with van der Waals surface area (Å²) in [4.78, 5) is 13.1. The molecule has 1 fully saturated rings. The van der Waals surface area contributed by atoms with E-state index in [0.717, 1.165) is 10.2 Å². The van der Waals surface area contributed by atoms with Crippen LogP contribution in [0.4, 0.5) is 5.69 Å². The summed E-state index contributed by atoms with van der Waals surface area (Å²) in [6.07, 6.45) is -0.298. The van der Waals surface area contributed by atoms with Gasteiger partial charge in [-0.2, -0.15) is 0 Å². The number of aliphatic hydroxyl groups is 1. The van der Waals surface area contributed by atoms with E-state index in [1.807, 2.05) is 24.3 Å². The van der Waals surface area contributed by atoms with E-state index in [4.69, 9.17) is 0 Å². The third-order valence-corrected chi connectivity index (χ3v) is 2.72. The van der Waals surface area contributed by atoms with Gasteiger partial charge in [-0.1, -0.05) is 22.0 Å². The van der Waals surface area contributed by atoms with E-state index in [9.17, 15) is 9.90 Å². The Morgan fingerprint density at radius 3 is 2.86 bits per heavy atom. The maximum absolute atomic E-state index is 11.4. The second-order valence-electron chi connectivity index (χ2n) is 3.34. The molecule has 0 radical (unpaired) electrons. The van der Waals surface area contributed by atoms with Gasteiger partial charge >= 0.3 is 0 Å². The van der Waals surface area contributed by atoms with Crippen molar-refractivity contribution < 1.29 is 9.90 Å². The van der Waals surface area contributed by atoms with E-state index < -0.39 is 6.10 Å². The SMILES string of the molecule is O=C1C[C@H](O)CN1c1cccc(Br)c1. The summed E-state index contributed by atoms with van der Waals surface area (Å²) in [5.74, 6) is -0.0180. The number of anilines is 1. The van der Waals surface area contributed by atoms with Crippen molar-refractivity contribution in [3.05, 3.63) is 28.7 Å². The van der Waals surface area contributed by atoms with E-state index >= 15 is 0 Å². The maximum atomic E-state index is 11.4. The zero-order chi connectivity index (χ0) is 10.1. The molecular formula is C10H10BrNO2. The third kappa shape index (κ3) is 1.81. The number of benzene rings is 1. The van der Waals surface area contributed by atoms with Crippen LogP contribution < -0.4 is 4.90 Å². The molecule has 1 aliphatic heterocycles. The lowest BCUT2D eigenvalue weighted by molar-refractivity contribution is -0.117. The lowest BCUT2D eigenvalue weighted by Crippen LogP contribution is -2.25. The van der Waals surface area contributed by atoms with E-state index in [1.165, 1.54) is 0 Å². The zero-order valence-electron chi connectivity index (χ0n) is 7.48. The normalized spacial score (nSPS) is 21.7. The highest BCUT2D eigenvalue weighted by atomic mass is 79.9. The summed E-state index contributed by atoms with van der Waals surface area (Å²) in [6, 6.07) is 7.51. The number of rotatable bonds is 1. The molecule has 1 atom stereocenters. The standard InChI is InChI=1S/C10H10BrNO2/c11-7-2-1-3-8(4-7)12-6-9(13)5-10(12)14/h1-4,9,13H,5-6H2/t9-/m0/s1. The van der Waals surface area contributed by atoms with Crippen LogP contribution in [0.5, 0.6) is 0 Å². The lowest BCUT2D eigenvalue weighted by Gasteiger charge is -2.15. The Hall–Kier alpha value is -0.870. The highest BCUT2D eigenvalue weighted by Gasteiger charge is 2.28. The molecule has 1 N–H and O–H groups in total. The molecule has 2 rings (SSSR count). The van der Waals surface area contributed by atoms with Crippen LogP contribution in [0.1, 0.15) is 6.42 Å². The van der Waals surface area contributed by atoms with Gasteiger partial charge in [0.15, 0.2) is 0 Å². The third-order valence-electron chi connectivity index (χ3n) is 2.22. The molecule has 0 aromatic heterocycles. The molecule has 4 heteroatoms. The molecule has 74 valence electrons. The molecule has 1 amide bonds. The minimum absolute atomic E-state index is 0.0180. The van der Waals surface area contributed by atoms with Crippen LogP contribution in [0.25, 0.3) is 0 Å². The van der Waals surface area contributed by atoms with Crippen molar-refractivity contribution in [2.24, 2.45) is 0 Å². The highest BCUT2D eigenvalue weighted by molar-refractivity contribution is 9.10. The molecule has 1 aromatic carbocycles. The van der Waals surface area contributed by atoms with Gasteiger partial charge in [-0.05, 0) is 18.2 Å². The first-order valence-corrected chi connectivity index (χ1v) is 5.20. The molecular weight excluding hydrogens is 246 g/mol. The fraction of sp³-hybridized carbons (Fsp3) is 0.300. The van der Waals surface area contributed by atoms with Crippen LogP contribution in [0, 0.1) is 0 Å². The number of β-amino-alcohol motifs (C(OH)–C–C–N with tert-alkyl or cyclic N) is 1. The average Bonchev–Trinajstić information content (AvgIpc) is 2.45. The van der Waals surface area contributed by atoms with Gasteiger partial charge in [0, 0.05) is 10.2 Å². The predicted molar refractivity (Wildman–Crippen MR) is 57.1 cm³/mol. The molecule has 1 saturated heterocycles. The number of nitrogens with zero attached hydrogens (tertiary/aromatic N) is 1. The van der Waals surface area contributed by atoms with Crippen molar-refractivity contribution in [2.45, 2.75) is 12.5 Å². The van der Waals surface area contributed by atoms with Gasteiger partial charge in [-0.3, -0.25) is 4.79 Å². The number of hydrogen-bond acceptors (Lipinski definition) is 2. The smallest absolute Gasteiger partial charge is 0.229 e. The van der Waals surface area contributed by atoms with E-state index in [-0.39, 0.29) is 12.3 Å². The second kappa shape index (κ2) is 3.71. The van der Waals surface area contributed by atoms with Gasteiger partial charge in [-0.25, -0.2) is 0 Å². The van der Waals surface area contributed by atoms with Gasteiger partial charge in [0.25, 0.3) is 0 Å². The highest BCUT2D eigenvalue weighted by Crippen LogP contribution is 2.24. The number of carbonyl (C=O) groups is 1. The topological polar surface area (TPSA) is 40.5 Å². The van der Waals surface area contributed by atoms with Crippen LogP contribution in [-0.4, -0.2) is 23.7 Å². The quantitative estimate of drug-likeness (QED) is 0.828. The fourth-order valence-corrected chi connectivity index (χ4v) is 1.97. The van der Waals surface area contributed by atoms with Crippen LogP contribution in [-0.2, 0) is 4.79 Å². The monoisotopic (exact) mass is 255 g/mol. The van der Waals surface area contributed by atoms with Crippen LogP contribution in [0.3, 0.4) is 0 Å². The summed E-state index contributed by atoms with van der Waals surface area (Å²) >= 11 is 3.34. The van der Waals surface area contributed by atoms with Gasteiger partial charge in [0.1, 0.15) is 0 Å². The molecule has 1 aliphatic rings. The van der Waals surface area contributed by atoms with Crippen LogP contribution in [0.2, 0.25) is 0 Å². The molecule has 1 heterocycles. The second-order valence-corrected chi connectivity index (χ2v) is 4.26. The molecule has 0 bridgehead atoms. The summed E-state index contributed by atoms with van der Waals surface area (Å²) in [5, 5.41) is 9.33. The first-order chi connectivity index (χ1) is 6.66. The summed E-state index contributed by atoms with van der Waals surface area (Å²) < 4.78 is 0.934. The minimum atomic E-state index is -0.526. The van der Waals surface area contributed by atoms with Crippen molar-refractivity contribution in [3.8, 4) is 0 Å². The van der Waals surface area contributed by atoms with Crippen molar-refractivity contribution >= 4 is 27.5 Å². The van der Waals surface area contributed by atoms with Crippen LogP contribution >= 0.6 is 15.9 Å². The number of aliphatic hydroxyl groups excluding tert-OH is 1. The first kappa shape index (κ1) is 9.68. The summed E-state index contributed by atoms with van der Waals surface area (Å²) in [5.41, 5.74) is 0.834. The number of halogens is 1. The molecule has 3 nitrogen and oxygen atoms in total. The summed E-state index contributed by atoms with van der Waals surface area (Å²) in [6.45, 7) is 0.398. The van der Waals surface area contributed by atoms with E-state index in [2.05, 4.69) is 15.9 Å². The van der Waals surface area contributed by atoms with E-state index in [1.54, 1.807) is 4.90 Å². The van der Waals surface area contributed by atoms with Gasteiger partial charge in [0.2, 0.25) is 5.91 Å². The Morgan fingerprint density at radius 1 is 1.50 bits per heavy atom. The first-order valence-electron chi connectivity index (χ1n) is 4.41. The molecule has 0 saturated carbocycles. The van der Waals surface area contributed by atoms with Crippen LogP contribution in [0.15, 0.2) is 28.7 Å². The number of amides is 1. The Balaban J connectivity index is 2.27. The van der Waals surface area contributed by atoms with Gasteiger partial charge < -0.3 is 10.0 Å². The number of carbonyl (C=O) groups excluding carboxylic acids is 1. The minimum Gasteiger partial charge on any atom is -0.391 e. The van der Waals surface area contributed by atoms with Crippen molar-refractivity contribution in [3.63, 3.8) is 0 Å². The Bertz CT molecular complexity index is 367. The van der Waals surface area contributed by atoms with Crippen molar-refractivity contribution in [1.29, 1.82) is 0 Å². The molecule has 0 spiro atoms. The van der Waals surface area contributed by atoms with Crippen molar-refractivity contribution in [1.82, 2.24) is 0 Å². The predicted octanol–water partition coefficient (Wildman–Crippen LogP) is 1.55. The van der Waals surface area contributed by atoms with Crippen molar-refractivity contribution in [2.75, 3.05) is 11.4 Å². The lowest BCUT2D eigenvalue weighted by atomic mass is 10.3. The largest absolute Gasteiger partial charge is 0.391 e.